The summed E-state index contributed by atoms with van der Waals surface area (Å²) in [6.07, 6.45) is 7.12. The van der Waals surface area contributed by atoms with Gasteiger partial charge in [0.05, 0.1) is 29.5 Å². The normalized spacial score (nSPS) is 18.1. The number of carbonyl (C=O) groups is 2. The Bertz CT molecular complexity index is 870. The van der Waals surface area contributed by atoms with Gasteiger partial charge in [-0.2, -0.15) is 0 Å². The van der Waals surface area contributed by atoms with E-state index in [1.54, 1.807) is 23.2 Å². The maximum Gasteiger partial charge on any atom is 0.246 e. The monoisotopic (exact) mass is 365 g/mol. The van der Waals surface area contributed by atoms with Crippen LogP contribution in [0.15, 0.2) is 36.5 Å². The van der Waals surface area contributed by atoms with Crippen LogP contribution in [0.5, 0.6) is 0 Å². The second-order valence-electron chi connectivity index (χ2n) is 7.06. The third-order valence-electron chi connectivity index (χ3n) is 4.86. The summed E-state index contributed by atoms with van der Waals surface area (Å²) in [6.45, 7) is 3.11. The van der Waals surface area contributed by atoms with Gasteiger partial charge in [-0.25, -0.2) is 4.98 Å². The molecule has 1 aliphatic heterocycles. The summed E-state index contributed by atoms with van der Waals surface area (Å²) in [4.78, 5) is 37.0. The third kappa shape index (κ3) is 4.68. The van der Waals surface area contributed by atoms with Crippen molar-refractivity contribution in [3.63, 3.8) is 0 Å². The molecule has 0 unspecified atom stereocenters. The third-order valence-corrected chi connectivity index (χ3v) is 4.86. The summed E-state index contributed by atoms with van der Waals surface area (Å²) in [5, 5.41) is 3.00. The van der Waals surface area contributed by atoms with Gasteiger partial charge >= 0.3 is 0 Å². The minimum absolute atomic E-state index is 0.0351. The average Bonchev–Trinajstić information content (AvgIpc) is 3.50. The Morgan fingerprint density at radius 3 is 2.59 bits per heavy atom. The van der Waals surface area contributed by atoms with Crippen molar-refractivity contribution >= 4 is 28.9 Å². The van der Waals surface area contributed by atoms with Crippen molar-refractivity contribution in [2.45, 2.75) is 18.9 Å². The molecule has 2 fully saturated rings. The number of benzene rings is 1. The molecule has 2 aliphatic rings. The van der Waals surface area contributed by atoms with Gasteiger partial charge in [-0.1, -0.05) is 12.1 Å². The largest absolute Gasteiger partial charge is 0.352 e. The fraction of sp³-hybridized carbons (Fsp3) is 0.400. The first kappa shape index (κ1) is 17.6. The van der Waals surface area contributed by atoms with Crippen LogP contribution in [0.1, 0.15) is 18.5 Å². The van der Waals surface area contributed by atoms with Crippen LogP contribution in [0.4, 0.5) is 0 Å². The summed E-state index contributed by atoms with van der Waals surface area (Å²) in [5.41, 5.74) is 2.31. The lowest BCUT2D eigenvalue weighted by Gasteiger charge is -2.33. The van der Waals surface area contributed by atoms with Crippen LogP contribution in [0.3, 0.4) is 0 Å². The molecule has 2 aromatic rings. The topological polar surface area (TPSA) is 78.4 Å². The molecule has 0 spiro atoms. The first-order valence-corrected chi connectivity index (χ1v) is 9.38. The zero-order valence-electron chi connectivity index (χ0n) is 15.2. The lowest BCUT2D eigenvalue weighted by Crippen LogP contribution is -2.51. The van der Waals surface area contributed by atoms with E-state index in [2.05, 4.69) is 20.2 Å². The Balaban J connectivity index is 1.28. The molecule has 2 amide bonds. The highest BCUT2D eigenvalue weighted by atomic mass is 16.2. The highest BCUT2D eigenvalue weighted by molar-refractivity contribution is 5.91. The van der Waals surface area contributed by atoms with Crippen LogP contribution < -0.4 is 5.32 Å². The van der Waals surface area contributed by atoms with Gasteiger partial charge in [-0.3, -0.25) is 19.5 Å². The lowest BCUT2D eigenvalue weighted by atomic mass is 10.2. The highest BCUT2D eigenvalue weighted by Crippen LogP contribution is 2.18. The van der Waals surface area contributed by atoms with Gasteiger partial charge in [0.1, 0.15) is 0 Å². The lowest BCUT2D eigenvalue weighted by molar-refractivity contribution is -0.128. The molecule has 7 heteroatoms. The van der Waals surface area contributed by atoms with Crippen LogP contribution in [-0.4, -0.2) is 70.3 Å². The second-order valence-corrected chi connectivity index (χ2v) is 7.06. The van der Waals surface area contributed by atoms with Gasteiger partial charge in [-0.05, 0) is 31.1 Å². The predicted octanol–water partition coefficient (Wildman–Crippen LogP) is 1.07. The van der Waals surface area contributed by atoms with Gasteiger partial charge in [0.25, 0.3) is 0 Å². The van der Waals surface area contributed by atoms with Crippen molar-refractivity contribution < 1.29 is 9.59 Å². The molecule has 1 aliphatic carbocycles. The fourth-order valence-electron chi connectivity index (χ4n) is 3.14. The van der Waals surface area contributed by atoms with Gasteiger partial charge in [-0.15, -0.1) is 0 Å². The fourth-order valence-corrected chi connectivity index (χ4v) is 3.14. The Labute approximate surface area is 158 Å². The summed E-state index contributed by atoms with van der Waals surface area (Å²) in [6, 6.07) is 8.04. The second kappa shape index (κ2) is 7.84. The van der Waals surface area contributed by atoms with E-state index in [9.17, 15) is 9.59 Å². The predicted molar refractivity (Wildman–Crippen MR) is 103 cm³/mol. The maximum absolute atomic E-state index is 12.4. The molecule has 140 valence electrons. The first-order valence-electron chi connectivity index (χ1n) is 9.38. The van der Waals surface area contributed by atoms with Gasteiger partial charge < -0.3 is 10.2 Å². The van der Waals surface area contributed by atoms with Crippen LogP contribution in [-0.2, 0) is 9.59 Å². The Kier molecular flexibility index (Phi) is 5.11. The number of para-hydroxylation sites is 2. The molecule has 0 bridgehead atoms. The van der Waals surface area contributed by atoms with E-state index in [0.717, 1.165) is 23.9 Å². The number of fused-ring (bicyclic) bond motifs is 1. The standard InChI is InChI=1S/C20H23N5O2/c26-19(23-15-5-6-15)14-24-9-11-25(12-10-24)20(27)8-7-16-13-21-17-3-1-2-4-18(17)22-16/h1-4,7-8,13,15H,5-6,9-12,14H2,(H,23,26)/b8-7+. The van der Waals surface area contributed by atoms with E-state index in [0.29, 0.717) is 44.5 Å². The Morgan fingerprint density at radius 1 is 1.11 bits per heavy atom. The number of amides is 2. The molecule has 1 aromatic carbocycles. The molecule has 0 radical (unpaired) electrons. The summed E-state index contributed by atoms with van der Waals surface area (Å²) in [5.74, 6) is 0.0547. The quantitative estimate of drug-likeness (QED) is 0.802. The van der Waals surface area contributed by atoms with Crippen LogP contribution in [0.25, 0.3) is 17.1 Å². The number of hydrogen-bond acceptors (Lipinski definition) is 5. The van der Waals surface area contributed by atoms with E-state index in [4.69, 9.17) is 0 Å². The van der Waals surface area contributed by atoms with E-state index < -0.39 is 0 Å². The van der Waals surface area contributed by atoms with Gasteiger partial charge in [0.15, 0.2) is 0 Å². The summed E-state index contributed by atoms with van der Waals surface area (Å²) in [7, 11) is 0. The Morgan fingerprint density at radius 2 is 1.85 bits per heavy atom. The molecular formula is C20H23N5O2. The molecule has 27 heavy (non-hydrogen) atoms. The zero-order chi connectivity index (χ0) is 18.6. The van der Waals surface area contributed by atoms with Crippen molar-refractivity contribution in [1.29, 1.82) is 0 Å². The summed E-state index contributed by atoms with van der Waals surface area (Å²) >= 11 is 0. The van der Waals surface area contributed by atoms with Crippen molar-refractivity contribution in [1.82, 2.24) is 25.1 Å². The number of carbonyl (C=O) groups excluding carboxylic acids is 2. The van der Waals surface area contributed by atoms with Crippen molar-refractivity contribution in [3.05, 3.63) is 42.2 Å². The molecule has 1 saturated carbocycles. The summed E-state index contributed by atoms with van der Waals surface area (Å²) < 4.78 is 0. The van der Waals surface area contributed by atoms with E-state index in [-0.39, 0.29) is 11.8 Å². The molecule has 1 N–H and O–H groups in total. The van der Waals surface area contributed by atoms with Gasteiger partial charge in [0.2, 0.25) is 11.8 Å². The number of nitrogens with one attached hydrogen (secondary N) is 1. The molecule has 4 rings (SSSR count). The Hall–Kier alpha value is -2.80. The van der Waals surface area contributed by atoms with Gasteiger partial charge in [0, 0.05) is 38.3 Å². The number of piperazine rings is 1. The van der Waals surface area contributed by atoms with Crippen LogP contribution in [0.2, 0.25) is 0 Å². The number of hydrogen-bond donors (Lipinski definition) is 1. The minimum atomic E-state index is -0.0351. The van der Waals surface area contributed by atoms with E-state index in [1.807, 2.05) is 24.3 Å². The van der Waals surface area contributed by atoms with E-state index in [1.165, 1.54) is 0 Å². The highest BCUT2D eigenvalue weighted by Gasteiger charge is 2.25. The average molecular weight is 365 g/mol. The zero-order valence-corrected chi connectivity index (χ0v) is 15.2. The minimum Gasteiger partial charge on any atom is -0.352 e. The molecular weight excluding hydrogens is 342 g/mol. The molecule has 7 nitrogen and oxygen atoms in total. The molecule has 0 atom stereocenters. The number of nitrogens with zero attached hydrogens (tertiary/aromatic N) is 4. The first-order chi connectivity index (χ1) is 13.2. The maximum atomic E-state index is 12.4. The number of rotatable bonds is 5. The molecule has 1 saturated heterocycles. The smallest absolute Gasteiger partial charge is 0.246 e. The van der Waals surface area contributed by atoms with Crippen molar-refractivity contribution in [3.8, 4) is 0 Å². The molecule has 2 heterocycles. The van der Waals surface area contributed by atoms with Crippen molar-refractivity contribution in [2.24, 2.45) is 0 Å². The van der Waals surface area contributed by atoms with Crippen LogP contribution in [0, 0.1) is 0 Å². The van der Waals surface area contributed by atoms with Crippen LogP contribution >= 0.6 is 0 Å². The molecule has 1 aromatic heterocycles. The van der Waals surface area contributed by atoms with E-state index >= 15 is 0 Å². The number of aromatic nitrogens is 2. The van der Waals surface area contributed by atoms with Crippen molar-refractivity contribution in [2.75, 3.05) is 32.7 Å². The SMILES string of the molecule is O=C(CN1CCN(C(=O)/C=C/c2cnc3ccccc3n2)CC1)NC1CC1.